The highest BCUT2D eigenvalue weighted by atomic mass is 35.5. The smallest absolute Gasteiger partial charge is 0.129 e. The van der Waals surface area contributed by atoms with E-state index in [9.17, 15) is 4.39 Å². The maximum atomic E-state index is 13.9. The van der Waals surface area contributed by atoms with Crippen LogP contribution in [0.2, 0.25) is 5.02 Å². The molecule has 0 fully saturated rings. The van der Waals surface area contributed by atoms with Crippen LogP contribution in [0.1, 0.15) is 36.4 Å². The topological polar surface area (TPSA) is 17.8 Å². The Balaban J connectivity index is 2.46. The molecule has 0 atom stereocenters. The normalized spacial score (nSPS) is 11.1. The summed E-state index contributed by atoms with van der Waals surface area (Å²) in [5.41, 5.74) is 3.56. The van der Waals surface area contributed by atoms with Crippen LogP contribution in [0.15, 0.2) is 18.2 Å². The first-order chi connectivity index (χ1) is 9.62. The summed E-state index contributed by atoms with van der Waals surface area (Å²) in [6, 6.07) is 4.71. The van der Waals surface area contributed by atoms with Crippen LogP contribution < -0.4 is 0 Å². The standard InChI is InChI=1S/C15H17Cl2FN2/c1-3-14-10(8-16)15(4-2)20(19-14)9-11-12(17)6-5-7-13(11)18/h5-7H,3-4,8-9H2,1-2H3. The SMILES string of the molecule is CCc1nn(Cc2c(F)cccc2Cl)c(CC)c1CCl. The molecule has 1 heterocycles. The van der Waals surface area contributed by atoms with Gasteiger partial charge in [-0.15, -0.1) is 11.6 Å². The number of hydrogen-bond donors (Lipinski definition) is 0. The van der Waals surface area contributed by atoms with Crippen LogP contribution in [-0.4, -0.2) is 9.78 Å². The summed E-state index contributed by atoms with van der Waals surface area (Å²) < 4.78 is 15.7. The molecule has 1 aromatic carbocycles. The third-order valence-corrected chi connectivity index (χ3v) is 4.04. The summed E-state index contributed by atoms with van der Waals surface area (Å²) in [7, 11) is 0. The van der Waals surface area contributed by atoms with Crippen molar-refractivity contribution in [1.29, 1.82) is 0 Å². The van der Waals surface area contributed by atoms with Crippen molar-refractivity contribution >= 4 is 23.2 Å². The maximum absolute atomic E-state index is 13.9. The Labute approximate surface area is 128 Å². The molecule has 2 aromatic rings. The monoisotopic (exact) mass is 314 g/mol. The van der Waals surface area contributed by atoms with Crippen LogP contribution >= 0.6 is 23.2 Å². The maximum Gasteiger partial charge on any atom is 0.129 e. The molecule has 2 nitrogen and oxygen atoms in total. The minimum atomic E-state index is -0.305. The van der Waals surface area contributed by atoms with Crippen LogP contribution in [-0.2, 0) is 25.3 Å². The fourth-order valence-electron chi connectivity index (χ4n) is 2.39. The summed E-state index contributed by atoms with van der Waals surface area (Å²) in [6.45, 7) is 4.42. The first kappa shape index (κ1) is 15.3. The van der Waals surface area contributed by atoms with Crippen LogP contribution in [0.3, 0.4) is 0 Å². The molecule has 0 aliphatic heterocycles. The van der Waals surface area contributed by atoms with Gasteiger partial charge in [-0.05, 0) is 25.0 Å². The van der Waals surface area contributed by atoms with Crippen molar-refractivity contribution in [2.45, 2.75) is 39.1 Å². The van der Waals surface area contributed by atoms with E-state index >= 15 is 0 Å². The van der Waals surface area contributed by atoms with Gasteiger partial charge in [-0.2, -0.15) is 5.10 Å². The average Bonchev–Trinajstić information content (AvgIpc) is 2.79. The lowest BCUT2D eigenvalue weighted by Crippen LogP contribution is -2.08. The van der Waals surface area contributed by atoms with Crippen LogP contribution in [0.25, 0.3) is 0 Å². The molecule has 0 aliphatic carbocycles. The largest absolute Gasteiger partial charge is 0.264 e. The molecule has 0 saturated heterocycles. The van der Waals surface area contributed by atoms with Gasteiger partial charge >= 0.3 is 0 Å². The molecule has 5 heteroatoms. The summed E-state index contributed by atoms with van der Waals surface area (Å²) in [6.07, 6.45) is 1.62. The van der Waals surface area contributed by atoms with Gasteiger partial charge in [0.25, 0.3) is 0 Å². The van der Waals surface area contributed by atoms with Crippen molar-refractivity contribution in [1.82, 2.24) is 9.78 Å². The summed E-state index contributed by atoms with van der Waals surface area (Å²) >= 11 is 12.1. The highest BCUT2D eigenvalue weighted by Gasteiger charge is 2.16. The lowest BCUT2D eigenvalue weighted by Gasteiger charge is -2.09. The Morgan fingerprint density at radius 3 is 2.50 bits per heavy atom. The second kappa shape index (κ2) is 6.59. The first-order valence-corrected chi connectivity index (χ1v) is 7.59. The van der Waals surface area contributed by atoms with E-state index in [2.05, 4.69) is 5.10 Å². The molecule has 0 amide bonds. The van der Waals surface area contributed by atoms with Gasteiger partial charge in [-0.25, -0.2) is 4.39 Å². The van der Waals surface area contributed by atoms with E-state index in [1.807, 2.05) is 18.5 Å². The number of halogens is 3. The number of aromatic nitrogens is 2. The fourth-order valence-corrected chi connectivity index (χ4v) is 2.92. The van der Waals surface area contributed by atoms with Gasteiger partial charge in [0.05, 0.1) is 18.1 Å². The Kier molecular flexibility index (Phi) is 5.06. The lowest BCUT2D eigenvalue weighted by atomic mass is 10.1. The van der Waals surface area contributed by atoms with Crippen molar-refractivity contribution in [2.24, 2.45) is 0 Å². The predicted molar refractivity (Wildman–Crippen MR) is 81.1 cm³/mol. The molecule has 108 valence electrons. The van der Waals surface area contributed by atoms with Gasteiger partial charge in [0, 0.05) is 21.8 Å². The molecule has 0 saturated carbocycles. The third-order valence-electron chi connectivity index (χ3n) is 3.42. The van der Waals surface area contributed by atoms with Gasteiger partial charge in [0.2, 0.25) is 0 Å². The van der Waals surface area contributed by atoms with E-state index in [4.69, 9.17) is 23.2 Å². The molecule has 1 aromatic heterocycles. The Morgan fingerprint density at radius 2 is 1.95 bits per heavy atom. The number of rotatable bonds is 5. The van der Waals surface area contributed by atoms with E-state index in [0.29, 0.717) is 23.0 Å². The Morgan fingerprint density at radius 1 is 1.20 bits per heavy atom. The molecule has 0 aliphatic rings. The minimum absolute atomic E-state index is 0.305. The van der Waals surface area contributed by atoms with Crippen molar-refractivity contribution in [3.63, 3.8) is 0 Å². The quantitative estimate of drug-likeness (QED) is 0.738. The molecule has 0 N–H and O–H groups in total. The zero-order valence-corrected chi connectivity index (χ0v) is 13.1. The van der Waals surface area contributed by atoms with Gasteiger partial charge in [-0.1, -0.05) is 31.5 Å². The van der Waals surface area contributed by atoms with Crippen LogP contribution in [0.5, 0.6) is 0 Å². The molecular formula is C15H17Cl2FN2. The second-order valence-electron chi connectivity index (χ2n) is 4.57. The van der Waals surface area contributed by atoms with Crippen molar-refractivity contribution in [2.75, 3.05) is 0 Å². The molecule has 0 bridgehead atoms. The summed E-state index contributed by atoms with van der Waals surface area (Å²) in [5, 5.41) is 4.98. The molecular weight excluding hydrogens is 298 g/mol. The molecule has 0 unspecified atom stereocenters. The zero-order valence-electron chi connectivity index (χ0n) is 11.6. The predicted octanol–water partition coefficient (Wildman–Crippen LogP) is 4.59. The average molecular weight is 315 g/mol. The number of nitrogens with zero attached hydrogens (tertiary/aromatic N) is 2. The van der Waals surface area contributed by atoms with Crippen molar-refractivity contribution in [3.05, 3.63) is 51.6 Å². The highest BCUT2D eigenvalue weighted by molar-refractivity contribution is 6.31. The van der Waals surface area contributed by atoms with Gasteiger partial charge in [0.1, 0.15) is 5.82 Å². The Bertz CT molecular complexity index is 588. The van der Waals surface area contributed by atoms with E-state index in [1.54, 1.807) is 12.1 Å². The number of hydrogen-bond acceptors (Lipinski definition) is 1. The van der Waals surface area contributed by atoms with Crippen LogP contribution in [0, 0.1) is 5.82 Å². The number of alkyl halides is 1. The number of benzene rings is 1. The molecule has 0 radical (unpaired) electrons. The molecule has 20 heavy (non-hydrogen) atoms. The third kappa shape index (κ3) is 2.84. The van der Waals surface area contributed by atoms with E-state index in [1.165, 1.54) is 6.07 Å². The van der Waals surface area contributed by atoms with E-state index < -0.39 is 0 Å². The highest BCUT2D eigenvalue weighted by Crippen LogP contribution is 2.24. The zero-order chi connectivity index (χ0) is 14.7. The van der Waals surface area contributed by atoms with Crippen molar-refractivity contribution < 1.29 is 4.39 Å². The summed E-state index contributed by atoms with van der Waals surface area (Å²) in [5.74, 6) is 0.123. The minimum Gasteiger partial charge on any atom is -0.264 e. The van der Waals surface area contributed by atoms with E-state index in [-0.39, 0.29) is 5.82 Å². The Hall–Kier alpha value is -1.06. The molecule has 0 spiro atoms. The molecule has 2 rings (SSSR count). The van der Waals surface area contributed by atoms with Gasteiger partial charge < -0.3 is 0 Å². The lowest BCUT2D eigenvalue weighted by molar-refractivity contribution is 0.573. The summed E-state index contributed by atoms with van der Waals surface area (Å²) in [4.78, 5) is 0. The first-order valence-electron chi connectivity index (χ1n) is 6.68. The van der Waals surface area contributed by atoms with E-state index in [0.717, 1.165) is 29.8 Å². The van der Waals surface area contributed by atoms with Gasteiger partial charge in [0.15, 0.2) is 0 Å². The second-order valence-corrected chi connectivity index (χ2v) is 5.25. The number of aryl methyl sites for hydroxylation is 1. The van der Waals surface area contributed by atoms with Crippen molar-refractivity contribution in [3.8, 4) is 0 Å². The fraction of sp³-hybridized carbons (Fsp3) is 0.400. The van der Waals surface area contributed by atoms with Crippen LogP contribution in [0.4, 0.5) is 4.39 Å². The van der Waals surface area contributed by atoms with Gasteiger partial charge in [-0.3, -0.25) is 4.68 Å².